The maximum Gasteiger partial charge on any atom is 0.328 e. The van der Waals surface area contributed by atoms with Crippen molar-refractivity contribution in [3.8, 4) is 0 Å². The molecule has 0 saturated carbocycles. The minimum Gasteiger partial charge on any atom is -0.462 e. The van der Waals surface area contributed by atoms with Crippen LogP contribution in [0.25, 0.3) is 0 Å². The molecule has 2 aromatic carbocycles. The van der Waals surface area contributed by atoms with E-state index in [9.17, 15) is 24.6 Å². The van der Waals surface area contributed by atoms with Crippen molar-refractivity contribution in [1.29, 1.82) is 0 Å². The molecule has 0 spiro atoms. The summed E-state index contributed by atoms with van der Waals surface area (Å²) in [6.45, 7) is 7.54. The van der Waals surface area contributed by atoms with Crippen molar-refractivity contribution >= 4 is 17.8 Å². The quantitative estimate of drug-likeness (QED) is 0.151. The van der Waals surface area contributed by atoms with Gasteiger partial charge in [-0.2, -0.15) is 0 Å². The van der Waals surface area contributed by atoms with Crippen LogP contribution in [0.15, 0.2) is 60.7 Å². The molecule has 0 unspecified atom stereocenters. The van der Waals surface area contributed by atoms with Crippen LogP contribution in [-0.4, -0.2) is 71.0 Å². The molecule has 0 aliphatic rings. The molecular formula is C32H48N4O6. The molecule has 0 aliphatic heterocycles. The standard InChI is InChI=1S/C32H48N4O6/c1-20(2)15-24(35-30(39)28(37)25(33)17-22-11-7-5-8-12-22)19-42-32(41)27(16-21(3)4)36-31(40)29(38)26(34)18-23-13-9-6-10-14-23/h5-14,20-21,24-29,37-38H,15-19,33-34H2,1-4H3,(H,35,39)(H,36,40)/t24-,25+,26+,27-,28-,29-/m0/s1. The Morgan fingerprint density at radius 3 is 1.57 bits per heavy atom. The van der Waals surface area contributed by atoms with Crippen LogP contribution >= 0.6 is 0 Å². The SMILES string of the molecule is CC(C)C[C@@H](COC(=O)[C@H](CC(C)C)NC(=O)[C@@H](O)[C@H](N)Cc1ccccc1)NC(=O)[C@@H](O)[C@H](N)Cc1ccccc1. The van der Waals surface area contributed by atoms with E-state index in [4.69, 9.17) is 16.2 Å². The molecule has 0 bridgehead atoms. The number of aliphatic hydroxyl groups excluding tert-OH is 2. The molecule has 0 heterocycles. The van der Waals surface area contributed by atoms with Crippen molar-refractivity contribution in [2.75, 3.05) is 6.61 Å². The minimum atomic E-state index is -1.53. The smallest absolute Gasteiger partial charge is 0.328 e. The van der Waals surface area contributed by atoms with Gasteiger partial charge in [-0.25, -0.2) is 4.79 Å². The van der Waals surface area contributed by atoms with Crippen molar-refractivity contribution in [2.24, 2.45) is 23.3 Å². The third kappa shape index (κ3) is 12.3. The summed E-state index contributed by atoms with van der Waals surface area (Å²) in [4.78, 5) is 38.7. The highest BCUT2D eigenvalue weighted by atomic mass is 16.5. The number of ether oxygens (including phenoxy) is 1. The molecule has 6 atom stereocenters. The average Bonchev–Trinajstić information content (AvgIpc) is 2.94. The van der Waals surface area contributed by atoms with E-state index >= 15 is 0 Å². The van der Waals surface area contributed by atoms with Gasteiger partial charge in [0.1, 0.15) is 24.9 Å². The second-order valence-electron chi connectivity index (χ2n) is 11.8. The molecule has 232 valence electrons. The number of rotatable bonds is 17. The number of nitrogens with two attached hydrogens (primary N) is 2. The first-order chi connectivity index (χ1) is 19.9. The summed E-state index contributed by atoms with van der Waals surface area (Å²) in [5.74, 6) is -1.92. The number of hydrogen-bond donors (Lipinski definition) is 6. The molecule has 10 nitrogen and oxygen atoms in total. The lowest BCUT2D eigenvalue weighted by Crippen LogP contribution is -2.53. The van der Waals surface area contributed by atoms with Crippen molar-refractivity contribution in [3.05, 3.63) is 71.8 Å². The number of carbonyl (C=O) groups excluding carboxylic acids is 3. The van der Waals surface area contributed by atoms with E-state index in [1.54, 1.807) is 0 Å². The lowest BCUT2D eigenvalue weighted by atomic mass is 10.00. The average molecular weight is 585 g/mol. The van der Waals surface area contributed by atoms with Gasteiger partial charge < -0.3 is 37.1 Å². The van der Waals surface area contributed by atoms with Crippen LogP contribution in [0.1, 0.15) is 51.7 Å². The molecule has 2 rings (SSSR count). The largest absolute Gasteiger partial charge is 0.462 e. The minimum absolute atomic E-state index is 0.0328. The Morgan fingerprint density at radius 1 is 0.714 bits per heavy atom. The second-order valence-corrected chi connectivity index (χ2v) is 11.8. The number of esters is 1. The molecule has 0 saturated heterocycles. The van der Waals surface area contributed by atoms with Gasteiger partial charge in [0.15, 0.2) is 0 Å². The van der Waals surface area contributed by atoms with Gasteiger partial charge in [-0.15, -0.1) is 0 Å². The topological polar surface area (TPSA) is 177 Å². The van der Waals surface area contributed by atoms with Crippen LogP contribution in [0.5, 0.6) is 0 Å². The molecule has 0 radical (unpaired) electrons. The van der Waals surface area contributed by atoms with Crippen LogP contribution < -0.4 is 22.1 Å². The number of nitrogens with one attached hydrogen (secondary N) is 2. The Balaban J connectivity index is 1.98. The van der Waals surface area contributed by atoms with Gasteiger partial charge >= 0.3 is 5.97 Å². The number of amides is 2. The molecule has 0 aliphatic carbocycles. The molecule has 10 heteroatoms. The lowest BCUT2D eigenvalue weighted by molar-refractivity contribution is -0.151. The van der Waals surface area contributed by atoms with Gasteiger partial charge in [0.05, 0.1) is 6.04 Å². The first-order valence-corrected chi connectivity index (χ1v) is 14.6. The molecule has 0 fully saturated rings. The van der Waals surface area contributed by atoms with Crippen LogP contribution in [0, 0.1) is 11.8 Å². The zero-order chi connectivity index (χ0) is 31.2. The number of hydrogen-bond acceptors (Lipinski definition) is 8. The van der Waals surface area contributed by atoms with Gasteiger partial charge in [-0.1, -0.05) is 88.4 Å². The van der Waals surface area contributed by atoms with E-state index in [1.807, 2.05) is 88.4 Å². The normalized spacial score (nSPS) is 15.8. The predicted octanol–water partition coefficient (Wildman–Crippen LogP) is 1.45. The van der Waals surface area contributed by atoms with E-state index in [-0.39, 0.29) is 31.3 Å². The zero-order valence-corrected chi connectivity index (χ0v) is 25.1. The first-order valence-electron chi connectivity index (χ1n) is 14.6. The monoisotopic (exact) mass is 584 g/mol. The molecule has 2 amide bonds. The Labute approximate surface area is 249 Å². The number of benzene rings is 2. The fourth-order valence-electron chi connectivity index (χ4n) is 4.63. The molecule has 0 aromatic heterocycles. The Kier molecular flexibility index (Phi) is 14.6. The summed E-state index contributed by atoms with van der Waals surface area (Å²) in [6, 6.07) is 15.3. The van der Waals surface area contributed by atoms with Crippen molar-refractivity contribution in [2.45, 2.75) is 89.8 Å². The highest BCUT2D eigenvalue weighted by Gasteiger charge is 2.31. The third-order valence-corrected chi connectivity index (χ3v) is 6.81. The second kappa shape index (κ2) is 17.6. The van der Waals surface area contributed by atoms with E-state index in [1.165, 1.54) is 0 Å². The third-order valence-electron chi connectivity index (χ3n) is 6.81. The maximum absolute atomic E-state index is 13.1. The molecule has 2 aromatic rings. The van der Waals surface area contributed by atoms with Crippen LogP contribution in [0.2, 0.25) is 0 Å². The highest BCUT2D eigenvalue weighted by Crippen LogP contribution is 2.12. The van der Waals surface area contributed by atoms with Gasteiger partial charge in [-0.05, 0) is 48.6 Å². The highest BCUT2D eigenvalue weighted by molar-refractivity contribution is 5.87. The number of carbonyl (C=O) groups is 3. The van der Waals surface area contributed by atoms with Gasteiger partial charge in [0, 0.05) is 12.1 Å². The lowest BCUT2D eigenvalue weighted by Gasteiger charge is -2.26. The van der Waals surface area contributed by atoms with Crippen molar-refractivity contribution in [1.82, 2.24) is 10.6 Å². The summed E-state index contributed by atoms with van der Waals surface area (Å²) in [6.07, 6.45) is -1.62. The Bertz CT molecular complexity index is 1100. The Morgan fingerprint density at radius 2 is 1.14 bits per heavy atom. The summed E-state index contributed by atoms with van der Waals surface area (Å²) < 4.78 is 5.55. The summed E-state index contributed by atoms with van der Waals surface area (Å²) in [7, 11) is 0. The maximum atomic E-state index is 13.1. The van der Waals surface area contributed by atoms with Gasteiger partial charge in [-0.3, -0.25) is 9.59 Å². The fraction of sp³-hybridized carbons (Fsp3) is 0.531. The summed E-state index contributed by atoms with van der Waals surface area (Å²) in [5.41, 5.74) is 14.0. The van der Waals surface area contributed by atoms with Crippen LogP contribution in [0.4, 0.5) is 0 Å². The van der Waals surface area contributed by atoms with E-state index in [2.05, 4.69) is 10.6 Å². The van der Waals surface area contributed by atoms with Gasteiger partial charge in [0.25, 0.3) is 11.8 Å². The summed E-state index contributed by atoms with van der Waals surface area (Å²) >= 11 is 0. The Hall–Kier alpha value is -3.31. The van der Waals surface area contributed by atoms with Crippen LogP contribution in [0.3, 0.4) is 0 Å². The van der Waals surface area contributed by atoms with Crippen molar-refractivity contribution < 1.29 is 29.3 Å². The molecular weight excluding hydrogens is 536 g/mol. The van der Waals surface area contributed by atoms with Crippen LogP contribution in [-0.2, 0) is 32.0 Å². The zero-order valence-electron chi connectivity index (χ0n) is 25.1. The van der Waals surface area contributed by atoms with Gasteiger partial charge in [0.2, 0.25) is 0 Å². The van der Waals surface area contributed by atoms with E-state index in [0.717, 1.165) is 11.1 Å². The van der Waals surface area contributed by atoms with E-state index in [0.29, 0.717) is 12.8 Å². The predicted molar refractivity (Wildman–Crippen MR) is 162 cm³/mol. The molecule has 8 N–H and O–H groups in total. The summed E-state index contributed by atoms with van der Waals surface area (Å²) in [5, 5.41) is 26.5. The number of aliphatic hydroxyl groups is 2. The fourth-order valence-corrected chi connectivity index (χ4v) is 4.63. The van der Waals surface area contributed by atoms with Crippen molar-refractivity contribution in [3.63, 3.8) is 0 Å². The molecule has 42 heavy (non-hydrogen) atoms. The first kappa shape index (κ1) is 34.9. The van der Waals surface area contributed by atoms with E-state index < -0.39 is 54.2 Å².